The van der Waals surface area contributed by atoms with Crippen LogP contribution in [0.3, 0.4) is 0 Å². The van der Waals surface area contributed by atoms with E-state index in [0.717, 1.165) is 24.0 Å². The van der Waals surface area contributed by atoms with Crippen molar-refractivity contribution in [3.8, 4) is 17.0 Å². The average Bonchev–Trinajstić information content (AvgIpc) is 2.84. The van der Waals surface area contributed by atoms with Gasteiger partial charge in [0.05, 0.1) is 18.7 Å². The van der Waals surface area contributed by atoms with E-state index in [1.54, 1.807) is 25.1 Å². The van der Waals surface area contributed by atoms with E-state index in [1.165, 1.54) is 32.2 Å². The molecule has 2 atom stereocenters. The van der Waals surface area contributed by atoms with Crippen molar-refractivity contribution in [3.05, 3.63) is 82.3 Å². The summed E-state index contributed by atoms with van der Waals surface area (Å²) in [6.07, 6.45) is -3.78. The summed E-state index contributed by atoms with van der Waals surface area (Å²) < 4.78 is 83.3. The van der Waals surface area contributed by atoms with Crippen LogP contribution in [-0.2, 0) is 27.4 Å². The fraction of sp³-hybridized carbons (Fsp3) is 0.308. The lowest BCUT2D eigenvalue weighted by Gasteiger charge is -2.17. The number of benzene rings is 2. The maximum absolute atomic E-state index is 14.6. The van der Waals surface area contributed by atoms with Gasteiger partial charge in [0.15, 0.2) is 9.84 Å². The number of sulfone groups is 1. The second kappa shape index (κ2) is 11.1. The minimum Gasteiger partial charge on any atom is -0.497 e. The molecule has 0 aliphatic rings. The number of nitrogens with zero attached hydrogens (tertiary/aromatic N) is 1. The molecule has 0 radical (unpaired) electrons. The number of aromatic nitrogens is 1. The van der Waals surface area contributed by atoms with Crippen LogP contribution in [0.2, 0.25) is 0 Å². The first-order chi connectivity index (χ1) is 17.6. The highest BCUT2D eigenvalue weighted by atomic mass is 32.2. The van der Waals surface area contributed by atoms with Gasteiger partial charge in [-0.2, -0.15) is 13.2 Å². The molecule has 2 unspecified atom stereocenters. The van der Waals surface area contributed by atoms with Gasteiger partial charge < -0.3 is 15.8 Å². The van der Waals surface area contributed by atoms with E-state index in [-0.39, 0.29) is 23.4 Å². The minimum atomic E-state index is -4.67. The third kappa shape index (κ3) is 6.67. The van der Waals surface area contributed by atoms with Crippen LogP contribution < -0.4 is 15.8 Å². The Bertz CT molecular complexity index is 1460. The molecule has 2 aromatic carbocycles. The molecule has 1 heterocycles. The van der Waals surface area contributed by atoms with Gasteiger partial charge in [-0.1, -0.05) is 18.2 Å². The predicted octanol–water partition coefficient (Wildman–Crippen LogP) is 4.65. The highest BCUT2D eigenvalue weighted by Gasteiger charge is 2.33. The molecule has 0 aliphatic carbocycles. The third-order valence-electron chi connectivity index (χ3n) is 5.97. The molecule has 1 aromatic heterocycles. The molecular weight excluding hydrogens is 526 g/mol. The number of nitrogens with one attached hydrogen (secondary N) is 1. The quantitative estimate of drug-likeness (QED) is 0.393. The van der Waals surface area contributed by atoms with Gasteiger partial charge in [-0.05, 0) is 60.9 Å². The Hall–Kier alpha value is -3.51. The van der Waals surface area contributed by atoms with Crippen molar-refractivity contribution >= 4 is 15.7 Å². The molecule has 0 bridgehead atoms. The number of rotatable bonds is 8. The zero-order valence-electron chi connectivity index (χ0n) is 21.1. The van der Waals surface area contributed by atoms with Crippen LogP contribution in [0.1, 0.15) is 46.2 Å². The molecule has 204 valence electrons. The van der Waals surface area contributed by atoms with Gasteiger partial charge in [0, 0.05) is 23.9 Å². The fourth-order valence-corrected chi connectivity index (χ4v) is 4.45. The van der Waals surface area contributed by atoms with Gasteiger partial charge in [0.25, 0.3) is 0 Å². The zero-order valence-corrected chi connectivity index (χ0v) is 21.9. The SMILES string of the molecule is COc1cc(C)cc(-c2nc(C(F)(F)F)ccc2CNC(=O)C(C)c2ccc(C(N)S(C)(=O)=O)c(F)c2)c1. The molecule has 0 saturated heterocycles. The first-order valence-electron chi connectivity index (χ1n) is 11.4. The van der Waals surface area contributed by atoms with Crippen LogP contribution in [0, 0.1) is 12.7 Å². The molecule has 7 nitrogen and oxygen atoms in total. The molecule has 0 aliphatic heterocycles. The fourth-order valence-electron chi connectivity index (χ4n) is 3.80. The third-order valence-corrected chi connectivity index (χ3v) is 7.14. The van der Waals surface area contributed by atoms with Crippen molar-refractivity contribution in [2.24, 2.45) is 5.73 Å². The zero-order chi connectivity index (χ0) is 28.4. The normalized spacial score (nSPS) is 13.6. The minimum absolute atomic E-state index is 0.0277. The Morgan fingerprint density at radius 2 is 1.82 bits per heavy atom. The molecule has 0 saturated carbocycles. The lowest BCUT2D eigenvalue weighted by molar-refractivity contribution is -0.141. The number of pyridine rings is 1. The number of carbonyl (C=O) groups is 1. The standard InChI is InChI=1S/C26H27F4N3O4S/c1-14-9-18(11-19(10-14)37-3)23-17(6-8-22(33-23)26(28,29)30)13-32-25(34)15(2)16-5-7-20(21(27)12-16)24(31)38(4,35)36/h5-12,15,24H,13,31H2,1-4H3,(H,32,34). The number of ether oxygens (including phenoxy) is 1. The van der Waals surface area contributed by atoms with E-state index in [9.17, 15) is 30.8 Å². The predicted molar refractivity (Wildman–Crippen MR) is 134 cm³/mol. The number of hydrogen-bond acceptors (Lipinski definition) is 6. The Morgan fingerprint density at radius 3 is 2.39 bits per heavy atom. The second-order valence-corrected chi connectivity index (χ2v) is 11.1. The molecule has 0 spiro atoms. The molecule has 12 heteroatoms. The summed E-state index contributed by atoms with van der Waals surface area (Å²) in [6.45, 7) is 3.12. The topological polar surface area (TPSA) is 111 Å². The van der Waals surface area contributed by atoms with Crippen LogP contribution in [0.25, 0.3) is 11.3 Å². The summed E-state index contributed by atoms with van der Waals surface area (Å²) in [5.41, 5.74) is 6.03. The lowest BCUT2D eigenvalue weighted by Crippen LogP contribution is -2.28. The van der Waals surface area contributed by atoms with E-state index in [2.05, 4.69) is 10.3 Å². The van der Waals surface area contributed by atoms with Gasteiger partial charge in [0.1, 0.15) is 22.6 Å². The average molecular weight is 554 g/mol. The number of amides is 1. The summed E-state index contributed by atoms with van der Waals surface area (Å²) in [5, 5.41) is 1.11. The number of nitrogens with two attached hydrogens (primary N) is 1. The van der Waals surface area contributed by atoms with Crippen LogP contribution in [0.5, 0.6) is 5.75 Å². The Labute approximate surface area is 218 Å². The lowest BCUT2D eigenvalue weighted by atomic mass is 9.98. The van der Waals surface area contributed by atoms with Crippen LogP contribution in [0.4, 0.5) is 17.6 Å². The molecule has 1 amide bonds. The second-order valence-electron chi connectivity index (χ2n) is 8.91. The summed E-state index contributed by atoms with van der Waals surface area (Å²) in [5.74, 6) is -1.83. The van der Waals surface area contributed by atoms with Crippen LogP contribution in [0.15, 0.2) is 48.5 Å². The van der Waals surface area contributed by atoms with Gasteiger partial charge in [-0.25, -0.2) is 17.8 Å². The first kappa shape index (κ1) is 29.1. The molecule has 3 rings (SSSR count). The summed E-state index contributed by atoms with van der Waals surface area (Å²) >= 11 is 0. The van der Waals surface area contributed by atoms with Gasteiger partial charge >= 0.3 is 6.18 Å². The van der Waals surface area contributed by atoms with Crippen molar-refractivity contribution in [1.29, 1.82) is 0 Å². The maximum atomic E-state index is 14.6. The number of methoxy groups -OCH3 is 1. The van der Waals surface area contributed by atoms with Crippen molar-refractivity contribution in [2.75, 3.05) is 13.4 Å². The highest BCUT2D eigenvalue weighted by Crippen LogP contribution is 2.33. The number of alkyl halides is 3. The Balaban J connectivity index is 1.88. The number of halogens is 4. The first-order valence-corrected chi connectivity index (χ1v) is 13.3. The van der Waals surface area contributed by atoms with E-state index >= 15 is 0 Å². The molecular formula is C26H27F4N3O4S. The largest absolute Gasteiger partial charge is 0.497 e. The molecule has 0 fully saturated rings. The van der Waals surface area contributed by atoms with Gasteiger partial charge in [-0.3, -0.25) is 4.79 Å². The van der Waals surface area contributed by atoms with Crippen molar-refractivity contribution in [1.82, 2.24) is 10.3 Å². The monoisotopic (exact) mass is 553 g/mol. The Kier molecular flexibility index (Phi) is 8.47. The van der Waals surface area contributed by atoms with Gasteiger partial charge in [-0.15, -0.1) is 0 Å². The van der Waals surface area contributed by atoms with Crippen molar-refractivity contribution < 1.29 is 35.5 Å². The number of carbonyl (C=O) groups excluding carboxylic acids is 1. The van der Waals surface area contributed by atoms with E-state index < -0.39 is 44.7 Å². The number of aryl methyl sites for hydroxylation is 1. The highest BCUT2D eigenvalue weighted by molar-refractivity contribution is 7.90. The van der Waals surface area contributed by atoms with E-state index in [0.29, 0.717) is 16.9 Å². The molecule has 3 N–H and O–H groups in total. The summed E-state index contributed by atoms with van der Waals surface area (Å²) in [6, 6.07) is 10.6. The maximum Gasteiger partial charge on any atom is 0.433 e. The molecule has 3 aromatic rings. The van der Waals surface area contributed by atoms with E-state index in [1.807, 2.05) is 0 Å². The molecule has 38 heavy (non-hydrogen) atoms. The Morgan fingerprint density at radius 1 is 1.13 bits per heavy atom. The van der Waals surface area contributed by atoms with E-state index in [4.69, 9.17) is 10.5 Å². The van der Waals surface area contributed by atoms with Gasteiger partial charge in [0.2, 0.25) is 5.91 Å². The number of hydrogen-bond donors (Lipinski definition) is 2. The van der Waals surface area contributed by atoms with Crippen LogP contribution in [-0.4, -0.2) is 32.7 Å². The van der Waals surface area contributed by atoms with Crippen molar-refractivity contribution in [2.45, 2.75) is 37.9 Å². The van der Waals surface area contributed by atoms with Crippen LogP contribution >= 0.6 is 0 Å². The summed E-state index contributed by atoms with van der Waals surface area (Å²) in [4.78, 5) is 16.7. The summed E-state index contributed by atoms with van der Waals surface area (Å²) in [7, 11) is -2.30. The van der Waals surface area contributed by atoms with Crippen molar-refractivity contribution in [3.63, 3.8) is 0 Å². The smallest absolute Gasteiger partial charge is 0.433 e.